The van der Waals surface area contributed by atoms with Gasteiger partial charge in [0.05, 0.1) is 0 Å². The van der Waals surface area contributed by atoms with Gasteiger partial charge in [-0.15, -0.1) is 0 Å². The van der Waals surface area contributed by atoms with Gasteiger partial charge in [-0.3, -0.25) is 0 Å². The van der Waals surface area contributed by atoms with E-state index in [4.69, 9.17) is 0 Å². The Morgan fingerprint density at radius 3 is 2.64 bits per heavy atom. The summed E-state index contributed by atoms with van der Waals surface area (Å²) in [5.74, 6) is 0.916. The van der Waals surface area contributed by atoms with E-state index in [9.17, 15) is 0 Å². The second-order valence-electron chi connectivity index (χ2n) is 12.2. The van der Waals surface area contributed by atoms with Crippen molar-refractivity contribution in [3.8, 4) is 0 Å². The first-order valence-corrected chi connectivity index (χ1v) is 12.8. The molecular formula is C32H43N. The molecule has 1 N–H and O–H groups in total. The predicted molar refractivity (Wildman–Crippen MR) is 143 cm³/mol. The molecule has 4 rings (SSSR count). The quantitative estimate of drug-likeness (QED) is 0.482. The van der Waals surface area contributed by atoms with E-state index >= 15 is 0 Å². The summed E-state index contributed by atoms with van der Waals surface area (Å²) in [5.41, 5.74) is 7.64. The molecule has 2 bridgehead atoms. The van der Waals surface area contributed by atoms with Crippen molar-refractivity contribution in [1.82, 2.24) is 5.32 Å². The van der Waals surface area contributed by atoms with Crippen molar-refractivity contribution >= 4 is 0 Å². The number of hydrogen-bond acceptors (Lipinski definition) is 1. The molecule has 0 spiro atoms. The SMILES string of the molecule is CCC(C)(C)C1(C)CC=CC(NC2=CC=CC(C3c4cccc(c4)CC3(C)C)C(C)=C2)=CC1. The molecule has 3 aliphatic rings. The van der Waals surface area contributed by atoms with Crippen LogP contribution in [0.15, 0.2) is 83.8 Å². The topological polar surface area (TPSA) is 12.0 Å². The summed E-state index contributed by atoms with van der Waals surface area (Å²) in [6.45, 7) is 16.8. The van der Waals surface area contributed by atoms with Crippen LogP contribution in [0.25, 0.3) is 0 Å². The van der Waals surface area contributed by atoms with Crippen molar-refractivity contribution in [1.29, 1.82) is 0 Å². The van der Waals surface area contributed by atoms with Crippen LogP contribution in [-0.2, 0) is 6.42 Å². The lowest BCUT2D eigenvalue weighted by Crippen LogP contribution is -2.33. The molecule has 176 valence electrons. The van der Waals surface area contributed by atoms with Crippen molar-refractivity contribution in [2.75, 3.05) is 0 Å². The number of benzene rings is 1. The smallest absolute Gasteiger partial charge is 0.0383 e. The number of hydrogen-bond donors (Lipinski definition) is 1. The molecule has 0 saturated heterocycles. The van der Waals surface area contributed by atoms with Crippen molar-refractivity contribution < 1.29 is 0 Å². The fraction of sp³-hybridized carbons (Fsp3) is 0.500. The monoisotopic (exact) mass is 441 g/mol. The average molecular weight is 442 g/mol. The zero-order valence-electron chi connectivity index (χ0n) is 21.8. The van der Waals surface area contributed by atoms with E-state index in [1.165, 1.54) is 34.5 Å². The van der Waals surface area contributed by atoms with Gasteiger partial charge < -0.3 is 5.32 Å². The number of allylic oxidation sites excluding steroid dienone is 8. The van der Waals surface area contributed by atoms with E-state index in [1.54, 1.807) is 0 Å². The first-order valence-electron chi connectivity index (χ1n) is 12.8. The van der Waals surface area contributed by atoms with Gasteiger partial charge in [0.1, 0.15) is 0 Å². The van der Waals surface area contributed by atoms with Gasteiger partial charge in [0.2, 0.25) is 0 Å². The molecule has 0 fully saturated rings. The second kappa shape index (κ2) is 8.82. The van der Waals surface area contributed by atoms with E-state index in [-0.39, 0.29) is 10.8 Å². The summed E-state index contributed by atoms with van der Waals surface area (Å²) in [5, 5.41) is 3.73. The highest BCUT2D eigenvalue weighted by Crippen LogP contribution is 2.50. The van der Waals surface area contributed by atoms with Crippen molar-refractivity contribution in [3.63, 3.8) is 0 Å². The highest BCUT2D eigenvalue weighted by atomic mass is 14.9. The Bertz CT molecular complexity index is 1040. The highest BCUT2D eigenvalue weighted by molar-refractivity contribution is 5.42. The van der Waals surface area contributed by atoms with Crippen LogP contribution in [0.1, 0.15) is 84.8 Å². The van der Waals surface area contributed by atoms with E-state index in [2.05, 4.69) is 121 Å². The zero-order valence-corrected chi connectivity index (χ0v) is 21.8. The fourth-order valence-electron chi connectivity index (χ4n) is 6.12. The summed E-state index contributed by atoms with van der Waals surface area (Å²) in [4.78, 5) is 0. The van der Waals surface area contributed by atoms with Crippen LogP contribution in [0, 0.1) is 22.2 Å². The molecule has 3 atom stereocenters. The second-order valence-corrected chi connectivity index (χ2v) is 12.2. The van der Waals surface area contributed by atoms with E-state index in [1.807, 2.05) is 0 Å². The molecule has 0 saturated carbocycles. The minimum absolute atomic E-state index is 0.242. The molecular weight excluding hydrogens is 398 g/mol. The molecule has 0 heterocycles. The van der Waals surface area contributed by atoms with Crippen molar-refractivity contribution in [3.05, 3.63) is 94.9 Å². The minimum atomic E-state index is 0.242. The summed E-state index contributed by atoms with van der Waals surface area (Å²) < 4.78 is 0. The molecule has 1 heteroatoms. The van der Waals surface area contributed by atoms with Crippen LogP contribution in [0.2, 0.25) is 0 Å². The molecule has 33 heavy (non-hydrogen) atoms. The Hall–Kier alpha value is -2.28. The third-order valence-electron chi connectivity index (χ3n) is 9.12. The third-order valence-corrected chi connectivity index (χ3v) is 9.12. The van der Waals surface area contributed by atoms with Crippen LogP contribution >= 0.6 is 0 Å². The maximum absolute atomic E-state index is 3.73. The van der Waals surface area contributed by atoms with Crippen LogP contribution in [0.5, 0.6) is 0 Å². The molecule has 0 radical (unpaired) electrons. The first kappa shape index (κ1) is 23.9. The van der Waals surface area contributed by atoms with Crippen LogP contribution in [-0.4, -0.2) is 0 Å². The van der Waals surface area contributed by atoms with E-state index in [0.29, 0.717) is 17.3 Å². The standard InChI is InChI=1S/C32H43N/c1-8-31(5,6)32(7)18-11-15-26(17-19-32)33-27-14-10-16-28(23(2)20-27)29-25-13-9-12-24(21-25)22-30(29,3)4/h9-17,20-21,28-29,33H,8,18-19,22H2,1-7H3. The molecule has 1 nitrogen and oxygen atoms in total. The summed E-state index contributed by atoms with van der Waals surface area (Å²) >= 11 is 0. The molecule has 3 aliphatic carbocycles. The number of nitrogens with one attached hydrogen (secondary N) is 1. The largest absolute Gasteiger partial charge is 0.356 e. The fourth-order valence-corrected chi connectivity index (χ4v) is 6.12. The maximum Gasteiger partial charge on any atom is 0.0383 e. The number of fused-ring (bicyclic) bond motifs is 2. The van der Waals surface area contributed by atoms with Gasteiger partial charge in [0.25, 0.3) is 0 Å². The van der Waals surface area contributed by atoms with Crippen molar-refractivity contribution in [2.45, 2.75) is 80.1 Å². The van der Waals surface area contributed by atoms with Crippen molar-refractivity contribution in [2.24, 2.45) is 22.2 Å². The average Bonchev–Trinajstić information content (AvgIpc) is 3.04. The summed E-state index contributed by atoms with van der Waals surface area (Å²) in [7, 11) is 0. The lowest BCUT2D eigenvalue weighted by atomic mass is 9.61. The molecule has 0 aliphatic heterocycles. The lowest BCUT2D eigenvalue weighted by molar-refractivity contribution is 0.0896. The summed E-state index contributed by atoms with van der Waals surface area (Å²) in [6.07, 6.45) is 20.9. The Morgan fingerprint density at radius 2 is 1.88 bits per heavy atom. The van der Waals surface area contributed by atoms with Gasteiger partial charge in [-0.05, 0) is 77.7 Å². The summed E-state index contributed by atoms with van der Waals surface area (Å²) in [6, 6.07) is 9.25. The normalized spacial score (nSPS) is 28.9. The molecule has 1 aromatic carbocycles. The Morgan fingerprint density at radius 1 is 1.09 bits per heavy atom. The van der Waals surface area contributed by atoms with Gasteiger partial charge in [0.15, 0.2) is 0 Å². The lowest BCUT2D eigenvalue weighted by Gasteiger charge is -2.43. The van der Waals surface area contributed by atoms with Crippen LogP contribution in [0.4, 0.5) is 0 Å². The third kappa shape index (κ3) is 4.70. The van der Waals surface area contributed by atoms with E-state index in [0.717, 1.165) is 19.3 Å². The zero-order chi connectivity index (χ0) is 23.9. The first-order chi connectivity index (χ1) is 15.5. The van der Waals surface area contributed by atoms with Gasteiger partial charge >= 0.3 is 0 Å². The van der Waals surface area contributed by atoms with Gasteiger partial charge in [-0.2, -0.15) is 0 Å². The molecule has 0 aromatic heterocycles. The van der Waals surface area contributed by atoms with Gasteiger partial charge in [0, 0.05) is 17.3 Å². The van der Waals surface area contributed by atoms with Crippen LogP contribution in [0.3, 0.4) is 0 Å². The van der Waals surface area contributed by atoms with Crippen LogP contribution < -0.4 is 5.32 Å². The molecule has 0 amide bonds. The maximum atomic E-state index is 3.73. The Balaban J connectivity index is 1.54. The Kier molecular flexibility index (Phi) is 6.38. The Labute approximate surface area is 202 Å². The van der Waals surface area contributed by atoms with Gasteiger partial charge in [-0.1, -0.05) is 102 Å². The highest BCUT2D eigenvalue weighted by Gasteiger charge is 2.40. The predicted octanol–water partition coefficient (Wildman–Crippen LogP) is 8.63. The van der Waals surface area contributed by atoms with Gasteiger partial charge in [-0.25, -0.2) is 0 Å². The van der Waals surface area contributed by atoms with E-state index < -0.39 is 0 Å². The minimum Gasteiger partial charge on any atom is -0.356 e. The number of rotatable bonds is 5. The molecule has 3 unspecified atom stereocenters. The molecule has 1 aromatic rings.